The largest absolute Gasteiger partial charge is 0.378 e. The van der Waals surface area contributed by atoms with Crippen molar-refractivity contribution in [2.75, 3.05) is 39.5 Å². The molecule has 28 heavy (non-hydrogen) atoms. The molecule has 0 aromatic heterocycles. The van der Waals surface area contributed by atoms with E-state index in [4.69, 9.17) is 9.47 Å². The van der Waals surface area contributed by atoms with Gasteiger partial charge in [0.25, 0.3) is 0 Å². The number of Topliss-reactive ketones (excluding diaryl/α,β-unsaturated/α-hetero) is 1. The van der Waals surface area contributed by atoms with Gasteiger partial charge in [-0.2, -0.15) is 0 Å². The second kappa shape index (κ2) is 8.28. The molecule has 8 nitrogen and oxygen atoms in total. The summed E-state index contributed by atoms with van der Waals surface area (Å²) in [5.74, 6) is -0.286. The van der Waals surface area contributed by atoms with Gasteiger partial charge in [0.1, 0.15) is 18.7 Å². The van der Waals surface area contributed by atoms with E-state index in [0.717, 1.165) is 5.56 Å². The highest BCUT2D eigenvalue weighted by atomic mass is 16.5. The van der Waals surface area contributed by atoms with Crippen molar-refractivity contribution in [2.24, 2.45) is 0 Å². The molecule has 3 saturated heterocycles. The summed E-state index contributed by atoms with van der Waals surface area (Å²) in [7, 11) is 0. The summed E-state index contributed by atoms with van der Waals surface area (Å²) >= 11 is 0. The van der Waals surface area contributed by atoms with Crippen molar-refractivity contribution in [1.82, 2.24) is 15.1 Å². The number of nitrogens with one attached hydrogen (secondary N) is 1. The molecule has 150 valence electrons. The Morgan fingerprint density at radius 2 is 1.89 bits per heavy atom. The summed E-state index contributed by atoms with van der Waals surface area (Å²) in [4.78, 5) is 41.5. The molecule has 0 aliphatic carbocycles. The number of hydrogen-bond donors (Lipinski definition) is 1. The van der Waals surface area contributed by atoms with E-state index in [1.807, 2.05) is 30.3 Å². The molecular formula is C20H25N3O5. The molecular weight excluding hydrogens is 362 g/mol. The number of ether oxygens (including phenoxy) is 2. The third-order valence-corrected chi connectivity index (χ3v) is 5.57. The van der Waals surface area contributed by atoms with Crippen LogP contribution in [0.2, 0.25) is 0 Å². The number of urea groups is 1. The minimum Gasteiger partial charge on any atom is -0.378 e. The van der Waals surface area contributed by atoms with Gasteiger partial charge in [-0.25, -0.2) is 4.79 Å². The second-order valence-corrected chi connectivity index (χ2v) is 7.37. The fourth-order valence-electron chi connectivity index (χ4n) is 4.10. The number of benzene rings is 1. The monoisotopic (exact) mass is 387 g/mol. The number of ketones is 1. The SMILES string of the molecule is O=C1COC2CCN(C(=O)C(Cc3ccccc3)NC(=O)N3CCOCC3)C12. The molecule has 3 unspecified atom stereocenters. The van der Waals surface area contributed by atoms with Crippen LogP contribution in [-0.2, 0) is 25.5 Å². The minimum atomic E-state index is -0.732. The smallest absolute Gasteiger partial charge is 0.318 e. The van der Waals surface area contributed by atoms with E-state index < -0.39 is 12.1 Å². The van der Waals surface area contributed by atoms with Crippen LogP contribution in [0.25, 0.3) is 0 Å². The molecule has 0 saturated carbocycles. The van der Waals surface area contributed by atoms with Crippen LogP contribution in [0.3, 0.4) is 0 Å². The van der Waals surface area contributed by atoms with Crippen LogP contribution in [0.4, 0.5) is 4.79 Å². The molecule has 3 atom stereocenters. The van der Waals surface area contributed by atoms with Crippen molar-refractivity contribution < 1.29 is 23.9 Å². The van der Waals surface area contributed by atoms with Gasteiger partial charge < -0.3 is 24.6 Å². The molecule has 1 N–H and O–H groups in total. The number of amides is 3. The first-order chi connectivity index (χ1) is 13.6. The molecule has 1 aromatic carbocycles. The molecule has 3 heterocycles. The Bertz CT molecular complexity index is 735. The zero-order valence-electron chi connectivity index (χ0n) is 15.7. The number of likely N-dealkylation sites (tertiary alicyclic amines) is 1. The summed E-state index contributed by atoms with van der Waals surface area (Å²) in [6, 6.07) is 8.04. The highest BCUT2D eigenvalue weighted by molar-refractivity contribution is 5.95. The first kappa shape index (κ1) is 18.9. The zero-order chi connectivity index (χ0) is 19.5. The Labute approximate surface area is 163 Å². The molecule has 3 fully saturated rings. The second-order valence-electron chi connectivity index (χ2n) is 7.37. The van der Waals surface area contributed by atoms with Gasteiger partial charge in [0.05, 0.1) is 19.3 Å². The van der Waals surface area contributed by atoms with E-state index in [9.17, 15) is 14.4 Å². The summed E-state index contributed by atoms with van der Waals surface area (Å²) in [5, 5.41) is 2.89. The van der Waals surface area contributed by atoms with Gasteiger partial charge in [0, 0.05) is 26.1 Å². The number of nitrogens with zero attached hydrogens (tertiary/aromatic N) is 2. The maximum absolute atomic E-state index is 13.3. The number of hydrogen-bond acceptors (Lipinski definition) is 5. The number of morpholine rings is 1. The molecule has 0 bridgehead atoms. The molecule has 8 heteroatoms. The lowest BCUT2D eigenvalue weighted by atomic mass is 10.0. The zero-order valence-corrected chi connectivity index (χ0v) is 15.7. The van der Waals surface area contributed by atoms with E-state index in [1.165, 1.54) is 0 Å². The Morgan fingerprint density at radius 3 is 2.64 bits per heavy atom. The highest BCUT2D eigenvalue weighted by Crippen LogP contribution is 2.27. The van der Waals surface area contributed by atoms with Crippen LogP contribution < -0.4 is 5.32 Å². The number of fused-ring (bicyclic) bond motifs is 1. The Kier molecular flexibility index (Phi) is 5.59. The fourth-order valence-corrected chi connectivity index (χ4v) is 4.10. The van der Waals surface area contributed by atoms with Gasteiger partial charge >= 0.3 is 6.03 Å². The van der Waals surface area contributed by atoms with E-state index >= 15 is 0 Å². The molecule has 3 aliphatic heterocycles. The van der Waals surface area contributed by atoms with E-state index in [-0.39, 0.29) is 30.4 Å². The molecule has 4 rings (SSSR count). The molecule has 3 aliphatic rings. The van der Waals surface area contributed by atoms with Crippen molar-refractivity contribution in [3.05, 3.63) is 35.9 Å². The van der Waals surface area contributed by atoms with Crippen LogP contribution in [-0.4, -0.2) is 85.2 Å². The van der Waals surface area contributed by atoms with Crippen LogP contribution in [0.15, 0.2) is 30.3 Å². The predicted molar refractivity (Wildman–Crippen MR) is 99.7 cm³/mol. The Balaban J connectivity index is 1.51. The van der Waals surface area contributed by atoms with Crippen molar-refractivity contribution in [3.63, 3.8) is 0 Å². The van der Waals surface area contributed by atoms with Crippen molar-refractivity contribution in [2.45, 2.75) is 31.0 Å². The lowest BCUT2D eigenvalue weighted by molar-refractivity contribution is -0.138. The topological polar surface area (TPSA) is 88.2 Å². The summed E-state index contributed by atoms with van der Waals surface area (Å²) < 4.78 is 10.8. The Hall–Kier alpha value is -2.45. The number of rotatable bonds is 4. The van der Waals surface area contributed by atoms with Gasteiger partial charge in [-0.3, -0.25) is 9.59 Å². The average molecular weight is 387 g/mol. The van der Waals surface area contributed by atoms with Crippen LogP contribution in [0, 0.1) is 0 Å². The van der Waals surface area contributed by atoms with Gasteiger partial charge in [0.15, 0.2) is 5.78 Å². The van der Waals surface area contributed by atoms with Gasteiger partial charge in [0.2, 0.25) is 5.91 Å². The highest BCUT2D eigenvalue weighted by Gasteiger charge is 2.48. The number of carbonyl (C=O) groups is 3. The molecule has 1 aromatic rings. The minimum absolute atomic E-state index is 0.0581. The quantitative estimate of drug-likeness (QED) is 0.798. The van der Waals surface area contributed by atoms with Crippen molar-refractivity contribution >= 4 is 17.7 Å². The first-order valence-electron chi connectivity index (χ1n) is 9.75. The van der Waals surface area contributed by atoms with Gasteiger partial charge in [-0.05, 0) is 12.0 Å². The third-order valence-electron chi connectivity index (χ3n) is 5.57. The summed E-state index contributed by atoms with van der Waals surface area (Å²) in [5.41, 5.74) is 0.952. The molecule has 3 amide bonds. The van der Waals surface area contributed by atoms with E-state index in [0.29, 0.717) is 45.7 Å². The maximum atomic E-state index is 13.3. The van der Waals surface area contributed by atoms with Gasteiger partial charge in [-0.1, -0.05) is 30.3 Å². The van der Waals surface area contributed by atoms with Crippen LogP contribution in [0.1, 0.15) is 12.0 Å². The van der Waals surface area contributed by atoms with E-state index in [1.54, 1.807) is 9.80 Å². The third kappa shape index (κ3) is 3.88. The predicted octanol–water partition coefficient (Wildman–Crippen LogP) is 0.208. The number of carbonyl (C=O) groups excluding carboxylic acids is 3. The molecule has 0 spiro atoms. The van der Waals surface area contributed by atoms with Crippen LogP contribution >= 0.6 is 0 Å². The van der Waals surface area contributed by atoms with E-state index in [2.05, 4.69) is 5.32 Å². The fraction of sp³-hybridized carbons (Fsp3) is 0.550. The normalized spacial score (nSPS) is 25.5. The first-order valence-corrected chi connectivity index (χ1v) is 9.75. The van der Waals surface area contributed by atoms with Gasteiger partial charge in [-0.15, -0.1) is 0 Å². The maximum Gasteiger partial charge on any atom is 0.318 e. The molecule has 0 radical (unpaired) electrons. The standard InChI is InChI=1S/C20H25N3O5/c24-16-13-28-17-6-7-23(18(16)17)19(25)15(12-14-4-2-1-3-5-14)21-20(26)22-8-10-27-11-9-22/h1-5,15,17-18H,6-13H2,(H,21,26). The lowest BCUT2D eigenvalue weighted by Gasteiger charge is -2.31. The summed E-state index contributed by atoms with van der Waals surface area (Å²) in [6.07, 6.45) is 0.805. The van der Waals surface area contributed by atoms with Crippen molar-refractivity contribution in [1.29, 1.82) is 0 Å². The van der Waals surface area contributed by atoms with Crippen molar-refractivity contribution in [3.8, 4) is 0 Å². The average Bonchev–Trinajstić information content (AvgIpc) is 3.31. The van der Waals surface area contributed by atoms with Crippen LogP contribution in [0.5, 0.6) is 0 Å². The Morgan fingerprint density at radius 1 is 1.14 bits per heavy atom. The lowest BCUT2D eigenvalue weighted by Crippen LogP contribution is -2.56. The summed E-state index contributed by atoms with van der Waals surface area (Å²) in [6.45, 7) is 2.51.